The Labute approximate surface area is 108 Å². The molecule has 3 rings (SSSR count). The summed E-state index contributed by atoms with van der Waals surface area (Å²) < 4.78 is 5.37. The number of carbonyl (C=O) groups excluding carboxylic acids is 1. The molecule has 3 heteroatoms. The number of aliphatic hydroxyl groups is 1. The third-order valence-corrected chi connectivity index (χ3v) is 5.25. The van der Waals surface area contributed by atoms with Gasteiger partial charge < -0.3 is 9.84 Å². The molecule has 0 amide bonds. The van der Waals surface area contributed by atoms with Crippen LogP contribution in [0.5, 0.6) is 0 Å². The normalized spacial score (nSPS) is 48.5. The minimum absolute atomic E-state index is 0.0236. The van der Waals surface area contributed by atoms with Crippen LogP contribution in [0.4, 0.5) is 0 Å². The Hall–Kier alpha value is -0.830. The zero-order valence-electron chi connectivity index (χ0n) is 11.3. The van der Waals surface area contributed by atoms with Crippen molar-refractivity contribution in [1.82, 2.24) is 0 Å². The molecule has 0 saturated heterocycles. The van der Waals surface area contributed by atoms with Crippen LogP contribution in [0.1, 0.15) is 46.0 Å². The first-order valence-electron chi connectivity index (χ1n) is 6.85. The van der Waals surface area contributed by atoms with Gasteiger partial charge >= 0.3 is 5.97 Å². The summed E-state index contributed by atoms with van der Waals surface area (Å²) in [5.74, 6) is 0.322. The van der Waals surface area contributed by atoms with Crippen LogP contribution in [0.15, 0.2) is 12.2 Å². The summed E-state index contributed by atoms with van der Waals surface area (Å²) in [5.41, 5.74) is 0.176. The monoisotopic (exact) mass is 250 g/mol. The van der Waals surface area contributed by atoms with Gasteiger partial charge in [-0.1, -0.05) is 13.5 Å². The van der Waals surface area contributed by atoms with Gasteiger partial charge in [-0.3, -0.25) is 0 Å². The Bertz CT molecular complexity index is 425. The van der Waals surface area contributed by atoms with Crippen LogP contribution in [-0.2, 0) is 9.53 Å². The molecule has 18 heavy (non-hydrogen) atoms. The van der Waals surface area contributed by atoms with Crippen LogP contribution in [0.25, 0.3) is 0 Å². The Morgan fingerprint density at radius 2 is 2.11 bits per heavy atom. The van der Waals surface area contributed by atoms with Crippen molar-refractivity contribution in [3.63, 3.8) is 0 Å². The van der Waals surface area contributed by atoms with Crippen molar-refractivity contribution in [2.24, 2.45) is 16.7 Å². The number of fused-ring (bicyclic) bond motifs is 1. The second-order valence-corrected chi connectivity index (χ2v) is 7.21. The van der Waals surface area contributed by atoms with Crippen molar-refractivity contribution in [1.29, 1.82) is 0 Å². The van der Waals surface area contributed by atoms with Gasteiger partial charge in [0.15, 0.2) is 0 Å². The fourth-order valence-electron chi connectivity index (χ4n) is 4.85. The SMILES string of the molecule is C=C(C)C(=O)OCC12CC(C)CC3(C1)CC3(O)C2. The molecule has 100 valence electrons. The lowest BCUT2D eigenvalue weighted by molar-refractivity contribution is -0.144. The second kappa shape index (κ2) is 3.38. The van der Waals surface area contributed by atoms with Gasteiger partial charge in [-0.15, -0.1) is 0 Å². The van der Waals surface area contributed by atoms with Crippen molar-refractivity contribution in [2.75, 3.05) is 6.61 Å². The van der Waals surface area contributed by atoms with Crippen LogP contribution >= 0.6 is 0 Å². The first-order valence-corrected chi connectivity index (χ1v) is 6.85. The largest absolute Gasteiger partial charge is 0.462 e. The molecule has 4 atom stereocenters. The number of hydrogen-bond acceptors (Lipinski definition) is 3. The van der Waals surface area contributed by atoms with E-state index in [1.165, 1.54) is 0 Å². The fourth-order valence-corrected chi connectivity index (χ4v) is 4.85. The molecular formula is C15H22O3. The van der Waals surface area contributed by atoms with E-state index in [4.69, 9.17) is 4.74 Å². The van der Waals surface area contributed by atoms with Gasteiger partial charge in [-0.2, -0.15) is 0 Å². The quantitative estimate of drug-likeness (QED) is 0.618. The number of rotatable bonds is 3. The van der Waals surface area contributed by atoms with Crippen LogP contribution < -0.4 is 0 Å². The average Bonchev–Trinajstić information content (AvgIpc) is 2.68. The minimum Gasteiger partial charge on any atom is -0.462 e. The summed E-state index contributed by atoms with van der Waals surface area (Å²) >= 11 is 0. The highest BCUT2D eigenvalue weighted by atomic mass is 16.5. The lowest BCUT2D eigenvalue weighted by atomic mass is 9.68. The predicted molar refractivity (Wildman–Crippen MR) is 67.8 cm³/mol. The Morgan fingerprint density at radius 3 is 2.78 bits per heavy atom. The van der Waals surface area contributed by atoms with E-state index in [1.807, 2.05) is 0 Å². The summed E-state index contributed by atoms with van der Waals surface area (Å²) in [7, 11) is 0. The van der Waals surface area contributed by atoms with Gasteiger partial charge in [0.05, 0.1) is 12.2 Å². The molecule has 3 fully saturated rings. The van der Waals surface area contributed by atoms with E-state index in [1.54, 1.807) is 6.92 Å². The van der Waals surface area contributed by atoms with Gasteiger partial charge in [-0.05, 0) is 44.9 Å². The Kier molecular flexibility index (Phi) is 2.30. The zero-order chi connectivity index (χ0) is 13.2. The maximum Gasteiger partial charge on any atom is 0.333 e. The third-order valence-electron chi connectivity index (χ3n) is 5.25. The van der Waals surface area contributed by atoms with E-state index in [0.29, 0.717) is 18.1 Å². The topological polar surface area (TPSA) is 46.5 Å². The maximum absolute atomic E-state index is 11.5. The molecular weight excluding hydrogens is 228 g/mol. The smallest absolute Gasteiger partial charge is 0.333 e. The first kappa shape index (κ1) is 12.2. The van der Waals surface area contributed by atoms with E-state index < -0.39 is 5.60 Å². The van der Waals surface area contributed by atoms with Gasteiger partial charge in [0, 0.05) is 16.4 Å². The molecule has 3 saturated carbocycles. The van der Waals surface area contributed by atoms with Gasteiger partial charge in [0.1, 0.15) is 0 Å². The Balaban J connectivity index is 1.72. The molecule has 0 aromatic carbocycles. The minimum atomic E-state index is -0.451. The molecule has 1 spiro atoms. The fraction of sp³-hybridized carbons (Fsp3) is 0.800. The molecule has 4 unspecified atom stereocenters. The average molecular weight is 250 g/mol. The van der Waals surface area contributed by atoms with E-state index in [9.17, 15) is 9.90 Å². The molecule has 1 N–H and O–H groups in total. The molecule has 2 bridgehead atoms. The van der Waals surface area contributed by atoms with Crippen molar-refractivity contribution in [2.45, 2.75) is 51.6 Å². The summed E-state index contributed by atoms with van der Waals surface area (Å²) in [6.07, 6.45) is 5.01. The molecule has 0 aliphatic heterocycles. The first-order chi connectivity index (χ1) is 8.30. The highest BCUT2D eigenvalue weighted by Crippen LogP contribution is 2.78. The molecule has 3 aliphatic rings. The summed E-state index contributed by atoms with van der Waals surface area (Å²) in [4.78, 5) is 11.5. The third kappa shape index (κ3) is 1.56. The van der Waals surface area contributed by atoms with Crippen molar-refractivity contribution in [3.8, 4) is 0 Å². The van der Waals surface area contributed by atoms with E-state index in [-0.39, 0.29) is 16.8 Å². The van der Waals surface area contributed by atoms with Gasteiger partial charge in [0.25, 0.3) is 0 Å². The van der Waals surface area contributed by atoms with E-state index in [2.05, 4.69) is 13.5 Å². The molecule has 0 aromatic rings. The van der Waals surface area contributed by atoms with Gasteiger partial charge in [-0.25, -0.2) is 4.79 Å². The standard InChI is InChI=1S/C15H22O3/c1-10(2)12(16)18-9-13-4-11(3)5-14(6-13)8-15(14,17)7-13/h11,17H,1,4-9H2,2-3H3. The van der Waals surface area contributed by atoms with Crippen LogP contribution in [0, 0.1) is 16.7 Å². The van der Waals surface area contributed by atoms with Crippen molar-refractivity contribution < 1.29 is 14.6 Å². The summed E-state index contributed by atoms with van der Waals surface area (Å²) in [6.45, 7) is 7.98. The highest BCUT2D eigenvalue weighted by Gasteiger charge is 2.77. The number of ether oxygens (including phenoxy) is 1. The summed E-state index contributed by atoms with van der Waals surface area (Å²) in [6, 6.07) is 0. The number of esters is 1. The van der Waals surface area contributed by atoms with Crippen LogP contribution in [0.3, 0.4) is 0 Å². The molecule has 0 heterocycles. The number of hydrogen-bond donors (Lipinski definition) is 1. The molecule has 0 radical (unpaired) electrons. The predicted octanol–water partition coefficient (Wildman–Crippen LogP) is 2.44. The maximum atomic E-state index is 11.5. The van der Waals surface area contributed by atoms with Crippen molar-refractivity contribution in [3.05, 3.63) is 12.2 Å². The van der Waals surface area contributed by atoms with E-state index >= 15 is 0 Å². The molecule has 3 nitrogen and oxygen atoms in total. The highest BCUT2D eigenvalue weighted by molar-refractivity contribution is 5.86. The molecule has 0 aromatic heterocycles. The van der Waals surface area contributed by atoms with Gasteiger partial charge in [0.2, 0.25) is 0 Å². The lowest BCUT2D eigenvalue weighted by Crippen LogP contribution is -2.34. The zero-order valence-corrected chi connectivity index (χ0v) is 11.3. The van der Waals surface area contributed by atoms with Crippen molar-refractivity contribution >= 4 is 5.97 Å². The van der Waals surface area contributed by atoms with Crippen LogP contribution in [-0.4, -0.2) is 23.3 Å². The number of carbonyl (C=O) groups is 1. The van der Waals surface area contributed by atoms with Crippen LogP contribution in [0.2, 0.25) is 0 Å². The lowest BCUT2D eigenvalue weighted by Gasteiger charge is -2.38. The molecule has 3 aliphatic carbocycles. The van der Waals surface area contributed by atoms with E-state index in [0.717, 1.165) is 32.1 Å². The second-order valence-electron chi connectivity index (χ2n) is 7.21. The Morgan fingerprint density at radius 1 is 1.39 bits per heavy atom. The summed E-state index contributed by atoms with van der Waals surface area (Å²) in [5, 5.41) is 10.5.